The van der Waals surface area contributed by atoms with E-state index in [1.807, 2.05) is 0 Å². The van der Waals surface area contributed by atoms with Crippen LogP contribution in [0.1, 0.15) is 22.7 Å². The smallest absolute Gasteiger partial charge is 0.301 e. The molecular weight excluding hydrogens is 546 g/mol. The lowest BCUT2D eigenvalue weighted by molar-refractivity contribution is -0.132. The van der Waals surface area contributed by atoms with Crippen molar-refractivity contribution in [1.29, 1.82) is 0 Å². The number of rotatable bonds is 5. The van der Waals surface area contributed by atoms with Gasteiger partial charge in [-0.05, 0) is 60.5 Å². The third-order valence-electron chi connectivity index (χ3n) is 6.11. The summed E-state index contributed by atoms with van der Waals surface area (Å²) >= 11 is 6.99. The van der Waals surface area contributed by atoms with E-state index in [1.54, 1.807) is 67.6 Å². The Morgan fingerprint density at radius 1 is 1.05 bits per heavy atom. The Hall–Kier alpha value is -3.99. The fourth-order valence-corrected chi connectivity index (χ4v) is 7.09. The summed E-state index contributed by atoms with van der Waals surface area (Å²) in [6.45, 7) is 1.72. The van der Waals surface area contributed by atoms with E-state index < -0.39 is 27.6 Å². The topological polar surface area (TPSA) is 131 Å². The number of nitrogens with zero attached hydrogens (tertiary/aromatic N) is 2. The number of ketones is 1. The first-order valence-electron chi connectivity index (χ1n) is 11.3. The van der Waals surface area contributed by atoms with Gasteiger partial charge in [0.25, 0.3) is 5.78 Å². The van der Waals surface area contributed by atoms with E-state index in [0.717, 1.165) is 22.4 Å². The fraction of sp³-hybridized carbons (Fsp3) is 0.0741. The van der Waals surface area contributed by atoms with E-state index in [-0.39, 0.29) is 25.6 Å². The van der Waals surface area contributed by atoms with E-state index in [2.05, 4.69) is 4.98 Å². The van der Waals surface area contributed by atoms with E-state index in [9.17, 15) is 23.1 Å². The predicted molar refractivity (Wildman–Crippen MR) is 146 cm³/mol. The van der Waals surface area contributed by atoms with Gasteiger partial charge in [0.1, 0.15) is 9.97 Å². The predicted octanol–water partition coefficient (Wildman–Crippen LogP) is 5.15. The minimum absolute atomic E-state index is 0.0142. The molecule has 0 spiro atoms. The molecule has 192 valence electrons. The lowest BCUT2D eigenvalue weighted by Crippen LogP contribution is -2.29. The van der Waals surface area contributed by atoms with Crippen LogP contribution < -0.4 is 10.6 Å². The summed E-state index contributed by atoms with van der Waals surface area (Å²) < 4.78 is 26.2. The van der Waals surface area contributed by atoms with Crippen LogP contribution in [0.15, 0.2) is 93.7 Å². The van der Waals surface area contributed by atoms with Gasteiger partial charge in [0.15, 0.2) is 5.13 Å². The number of hydrogen-bond donors (Lipinski definition) is 2. The quantitative estimate of drug-likeness (QED) is 0.148. The summed E-state index contributed by atoms with van der Waals surface area (Å²) in [5.41, 5.74) is 7.51. The van der Waals surface area contributed by atoms with E-state index in [0.29, 0.717) is 27.4 Å². The largest absolute Gasteiger partial charge is 0.507 e. The van der Waals surface area contributed by atoms with Crippen LogP contribution in [0.5, 0.6) is 0 Å². The third kappa shape index (κ3) is 4.36. The lowest BCUT2D eigenvalue weighted by atomic mass is 9.94. The average Bonchev–Trinajstić information content (AvgIpc) is 3.48. The van der Waals surface area contributed by atoms with Gasteiger partial charge < -0.3 is 10.8 Å². The molecular formula is C27H20ClN3O5S2. The molecule has 1 atom stereocenters. The maximum absolute atomic E-state index is 13.4. The lowest BCUT2D eigenvalue weighted by Gasteiger charge is -2.23. The number of carbonyl (C=O) groups is 2. The van der Waals surface area contributed by atoms with E-state index >= 15 is 0 Å². The van der Waals surface area contributed by atoms with Crippen molar-refractivity contribution >= 4 is 61.0 Å². The maximum Gasteiger partial charge on any atom is 0.301 e. The van der Waals surface area contributed by atoms with Gasteiger partial charge in [-0.2, -0.15) is 0 Å². The molecule has 0 aliphatic carbocycles. The van der Waals surface area contributed by atoms with Crippen molar-refractivity contribution in [2.75, 3.05) is 10.6 Å². The van der Waals surface area contributed by atoms with Gasteiger partial charge in [-0.1, -0.05) is 53.3 Å². The summed E-state index contributed by atoms with van der Waals surface area (Å²) in [5.74, 6) is -2.28. The molecule has 38 heavy (non-hydrogen) atoms. The third-order valence-corrected chi connectivity index (χ3v) is 9.57. The first kappa shape index (κ1) is 25.7. The van der Waals surface area contributed by atoms with Crippen molar-refractivity contribution in [2.24, 2.45) is 0 Å². The Balaban J connectivity index is 1.69. The normalized spacial score (nSPS) is 17.2. The highest BCUT2D eigenvalue weighted by Gasteiger charge is 2.48. The Labute approximate surface area is 227 Å². The second-order valence-electron chi connectivity index (χ2n) is 8.58. The molecule has 8 nitrogen and oxygen atoms in total. The number of nitrogens with two attached hydrogens (primary N) is 1. The minimum atomic E-state index is -3.91. The Morgan fingerprint density at radius 2 is 1.79 bits per heavy atom. The summed E-state index contributed by atoms with van der Waals surface area (Å²) in [7, 11) is -3.91. The van der Waals surface area contributed by atoms with Crippen LogP contribution in [0.4, 0.5) is 10.8 Å². The number of aliphatic hydroxyl groups is 1. The SMILES string of the molecule is Cc1cc(N)ccc1/C(O)=C1/C(=O)C(=O)N(c2ncc(S(=O)(=O)c3ccccc3)s2)C1c1cccc(Cl)c1. The van der Waals surface area contributed by atoms with Crippen molar-refractivity contribution in [3.05, 3.63) is 106 Å². The van der Waals surface area contributed by atoms with Crippen molar-refractivity contribution in [3.8, 4) is 0 Å². The molecule has 0 radical (unpaired) electrons. The number of aromatic nitrogens is 1. The van der Waals surface area contributed by atoms with Gasteiger partial charge in [0.2, 0.25) is 9.84 Å². The number of Topliss-reactive ketones (excluding diaryl/α,β-unsaturated/α-hetero) is 1. The molecule has 1 unspecified atom stereocenters. The van der Waals surface area contributed by atoms with Gasteiger partial charge in [-0.15, -0.1) is 0 Å². The highest BCUT2D eigenvalue weighted by Crippen LogP contribution is 2.45. The fourth-order valence-electron chi connectivity index (χ4n) is 4.32. The number of thiazole rings is 1. The van der Waals surface area contributed by atoms with E-state index in [1.165, 1.54) is 12.1 Å². The Morgan fingerprint density at radius 3 is 2.47 bits per heavy atom. The zero-order valence-electron chi connectivity index (χ0n) is 19.8. The van der Waals surface area contributed by atoms with Crippen LogP contribution in [-0.4, -0.2) is 30.2 Å². The van der Waals surface area contributed by atoms with Crippen LogP contribution in [-0.2, 0) is 19.4 Å². The molecule has 11 heteroatoms. The molecule has 1 saturated heterocycles. The molecule has 3 aromatic carbocycles. The summed E-state index contributed by atoms with van der Waals surface area (Å²) in [5, 5.41) is 11.7. The van der Waals surface area contributed by atoms with Crippen molar-refractivity contribution in [3.63, 3.8) is 0 Å². The molecule has 0 bridgehead atoms. The van der Waals surface area contributed by atoms with Crippen molar-refractivity contribution < 1.29 is 23.1 Å². The minimum Gasteiger partial charge on any atom is -0.507 e. The second-order valence-corrected chi connectivity index (χ2v) is 12.2. The van der Waals surface area contributed by atoms with Gasteiger partial charge in [-0.3, -0.25) is 14.5 Å². The number of aliphatic hydroxyl groups excluding tert-OH is 1. The van der Waals surface area contributed by atoms with Crippen LogP contribution in [0, 0.1) is 6.92 Å². The van der Waals surface area contributed by atoms with Crippen LogP contribution >= 0.6 is 22.9 Å². The van der Waals surface area contributed by atoms with Crippen LogP contribution in [0.25, 0.3) is 5.76 Å². The second kappa shape index (κ2) is 9.71. The van der Waals surface area contributed by atoms with E-state index in [4.69, 9.17) is 17.3 Å². The molecule has 2 heterocycles. The number of sulfone groups is 1. The molecule has 1 aromatic heterocycles. The van der Waals surface area contributed by atoms with Crippen molar-refractivity contribution in [1.82, 2.24) is 4.98 Å². The number of amides is 1. The highest BCUT2D eigenvalue weighted by molar-refractivity contribution is 7.93. The van der Waals surface area contributed by atoms with Crippen LogP contribution in [0.2, 0.25) is 5.02 Å². The van der Waals surface area contributed by atoms with Crippen LogP contribution in [0.3, 0.4) is 0 Å². The average molecular weight is 566 g/mol. The maximum atomic E-state index is 13.4. The summed E-state index contributed by atoms with van der Waals surface area (Å²) in [6, 6.07) is 18.0. The summed E-state index contributed by atoms with van der Waals surface area (Å²) in [6.07, 6.45) is 1.15. The first-order valence-corrected chi connectivity index (χ1v) is 14.0. The number of carbonyl (C=O) groups excluding carboxylic acids is 2. The molecule has 0 saturated carbocycles. The molecule has 1 aliphatic rings. The Bertz CT molecular complexity index is 1730. The molecule has 3 N–H and O–H groups in total. The van der Waals surface area contributed by atoms with Gasteiger partial charge >= 0.3 is 5.91 Å². The number of nitrogen functional groups attached to an aromatic ring is 1. The molecule has 4 aromatic rings. The monoisotopic (exact) mass is 565 g/mol. The summed E-state index contributed by atoms with van der Waals surface area (Å²) in [4.78, 5) is 32.1. The van der Waals surface area contributed by atoms with Gasteiger partial charge in [-0.25, -0.2) is 13.4 Å². The number of hydrogen-bond acceptors (Lipinski definition) is 8. The molecule has 1 amide bonds. The number of anilines is 2. The number of benzene rings is 3. The standard InChI is InChI=1S/C27H20ClN3O5S2/c1-15-12-18(29)10-11-20(15)24(32)22-23(16-6-5-7-17(28)13-16)31(26(34)25(22)33)27-30-14-21(37-27)38(35,36)19-8-3-2-4-9-19/h2-14,23,32H,29H2,1H3/b24-22-. The Kier molecular flexibility index (Phi) is 6.56. The number of aryl methyl sites for hydroxylation is 1. The first-order chi connectivity index (χ1) is 18.1. The molecule has 5 rings (SSSR count). The zero-order chi connectivity index (χ0) is 27.2. The highest BCUT2D eigenvalue weighted by atomic mass is 35.5. The molecule has 1 aliphatic heterocycles. The van der Waals surface area contributed by atoms with Crippen molar-refractivity contribution in [2.45, 2.75) is 22.1 Å². The van der Waals surface area contributed by atoms with Gasteiger partial charge in [0.05, 0.1) is 22.7 Å². The van der Waals surface area contributed by atoms with Gasteiger partial charge in [0, 0.05) is 16.3 Å². The zero-order valence-corrected chi connectivity index (χ0v) is 22.2. The number of halogens is 1. The molecule has 1 fully saturated rings.